The normalized spacial score (nSPS) is 11.0. The van der Waals surface area contributed by atoms with E-state index in [1.54, 1.807) is 11.3 Å². The topological polar surface area (TPSA) is 22.1 Å². The maximum atomic E-state index is 5.52. The Labute approximate surface area is 155 Å². The maximum absolute atomic E-state index is 5.52. The molecule has 1 heterocycles. The van der Waals surface area contributed by atoms with E-state index in [2.05, 4.69) is 70.7 Å². The Kier molecular flexibility index (Phi) is 5.82. The third-order valence-electron chi connectivity index (χ3n) is 3.92. The van der Waals surface area contributed by atoms with E-state index in [1.807, 2.05) is 6.92 Å². The summed E-state index contributed by atoms with van der Waals surface area (Å²) < 4.78 is 6.61. The summed E-state index contributed by atoms with van der Waals surface area (Å²) in [5.74, 6) is 0. The minimum atomic E-state index is 0.672. The lowest BCUT2D eigenvalue weighted by Crippen LogP contribution is -1.97. The summed E-state index contributed by atoms with van der Waals surface area (Å²) in [6.45, 7) is 5.59. The van der Waals surface area contributed by atoms with Crippen LogP contribution in [0.4, 0.5) is 0 Å². The third kappa shape index (κ3) is 4.32. The van der Waals surface area contributed by atoms with Gasteiger partial charge in [0.05, 0.1) is 17.3 Å². The molecule has 0 N–H and O–H groups in total. The van der Waals surface area contributed by atoms with Crippen LogP contribution in [0.15, 0.2) is 52.3 Å². The number of thiazole rings is 1. The van der Waals surface area contributed by atoms with Crippen LogP contribution < -0.4 is 0 Å². The van der Waals surface area contributed by atoms with Gasteiger partial charge < -0.3 is 4.74 Å². The Hall–Kier alpha value is -1.49. The van der Waals surface area contributed by atoms with E-state index in [0.717, 1.165) is 33.8 Å². The molecule has 0 atom stereocenters. The molecule has 0 unspecified atom stereocenters. The van der Waals surface area contributed by atoms with Crippen molar-refractivity contribution in [3.8, 4) is 11.3 Å². The summed E-state index contributed by atoms with van der Waals surface area (Å²) in [5, 5.41) is 3.28. The second-order valence-corrected chi connectivity index (χ2v) is 7.57. The predicted molar refractivity (Wildman–Crippen MR) is 105 cm³/mol. The molecule has 0 fully saturated rings. The van der Waals surface area contributed by atoms with Crippen LogP contribution in [-0.4, -0.2) is 11.6 Å². The lowest BCUT2D eigenvalue weighted by Gasteiger charge is -2.08. The molecule has 1 aromatic heterocycles. The van der Waals surface area contributed by atoms with E-state index in [0.29, 0.717) is 6.61 Å². The van der Waals surface area contributed by atoms with Crippen molar-refractivity contribution in [1.29, 1.82) is 0 Å². The first kappa shape index (κ1) is 17.3. The van der Waals surface area contributed by atoms with Gasteiger partial charge in [-0.05, 0) is 42.7 Å². The number of halogens is 1. The molecule has 0 aliphatic rings. The number of benzene rings is 2. The minimum absolute atomic E-state index is 0.672. The Bertz CT molecular complexity index is 811. The lowest BCUT2D eigenvalue weighted by atomic mass is 10.0. The monoisotopic (exact) mass is 401 g/mol. The van der Waals surface area contributed by atoms with Crippen LogP contribution in [0.2, 0.25) is 0 Å². The first-order valence-corrected chi connectivity index (χ1v) is 9.69. The Balaban J connectivity index is 1.78. The van der Waals surface area contributed by atoms with Gasteiger partial charge in [0.2, 0.25) is 0 Å². The van der Waals surface area contributed by atoms with Crippen molar-refractivity contribution in [2.24, 2.45) is 0 Å². The molecule has 3 rings (SSSR count). The van der Waals surface area contributed by atoms with Crippen molar-refractivity contribution in [1.82, 2.24) is 4.98 Å². The van der Waals surface area contributed by atoms with E-state index in [-0.39, 0.29) is 0 Å². The second kappa shape index (κ2) is 8.06. The van der Waals surface area contributed by atoms with Gasteiger partial charge in [-0.15, -0.1) is 11.3 Å². The fraction of sp³-hybridized carbons (Fsp3) is 0.250. The summed E-state index contributed by atoms with van der Waals surface area (Å²) in [6.07, 6.45) is 0.868. The van der Waals surface area contributed by atoms with Crippen molar-refractivity contribution in [2.75, 3.05) is 6.61 Å². The molecule has 0 amide bonds. The van der Waals surface area contributed by atoms with E-state index in [4.69, 9.17) is 9.72 Å². The van der Waals surface area contributed by atoms with Crippen molar-refractivity contribution >= 4 is 27.3 Å². The first-order valence-electron chi connectivity index (χ1n) is 8.02. The van der Waals surface area contributed by atoms with Crippen LogP contribution in [0, 0.1) is 6.92 Å². The molecule has 4 heteroatoms. The first-order chi connectivity index (χ1) is 11.7. The van der Waals surface area contributed by atoms with Gasteiger partial charge in [-0.25, -0.2) is 4.98 Å². The van der Waals surface area contributed by atoms with Crippen LogP contribution in [0.1, 0.15) is 28.6 Å². The average Bonchev–Trinajstić information content (AvgIpc) is 3.05. The number of rotatable bonds is 6. The molecule has 124 valence electrons. The molecule has 0 spiro atoms. The van der Waals surface area contributed by atoms with Crippen LogP contribution in [0.3, 0.4) is 0 Å². The quantitative estimate of drug-likeness (QED) is 0.504. The van der Waals surface area contributed by atoms with Gasteiger partial charge in [0, 0.05) is 28.4 Å². The molecular formula is C20H20BrNOS. The molecule has 0 radical (unpaired) electrons. The SMILES string of the molecule is CCOCc1ccc(C)c(Cc2nc(-c3ccc(Br)cc3)cs2)c1. The maximum Gasteiger partial charge on any atom is 0.0976 e. The third-order valence-corrected chi connectivity index (χ3v) is 5.30. The number of nitrogens with zero attached hydrogens (tertiary/aromatic N) is 1. The van der Waals surface area contributed by atoms with Crippen molar-refractivity contribution < 1.29 is 4.74 Å². The number of aryl methyl sites for hydroxylation is 1. The molecule has 24 heavy (non-hydrogen) atoms. The van der Waals surface area contributed by atoms with Gasteiger partial charge >= 0.3 is 0 Å². The largest absolute Gasteiger partial charge is 0.377 e. The molecular weight excluding hydrogens is 382 g/mol. The Morgan fingerprint density at radius 1 is 1.12 bits per heavy atom. The lowest BCUT2D eigenvalue weighted by molar-refractivity contribution is 0.134. The van der Waals surface area contributed by atoms with Gasteiger partial charge in [-0.1, -0.05) is 46.3 Å². The van der Waals surface area contributed by atoms with E-state index < -0.39 is 0 Å². The smallest absolute Gasteiger partial charge is 0.0976 e. The predicted octanol–water partition coefficient (Wildman–Crippen LogP) is 6.01. The van der Waals surface area contributed by atoms with E-state index >= 15 is 0 Å². The van der Waals surface area contributed by atoms with Gasteiger partial charge in [0.15, 0.2) is 0 Å². The van der Waals surface area contributed by atoms with Gasteiger partial charge in [-0.3, -0.25) is 0 Å². The fourth-order valence-corrected chi connectivity index (χ4v) is 3.62. The van der Waals surface area contributed by atoms with Crippen LogP contribution in [0.5, 0.6) is 0 Å². The zero-order chi connectivity index (χ0) is 16.9. The van der Waals surface area contributed by atoms with Crippen LogP contribution in [-0.2, 0) is 17.8 Å². The van der Waals surface area contributed by atoms with Crippen LogP contribution >= 0.6 is 27.3 Å². The molecule has 2 nitrogen and oxygen atoms in total. The molecule has 3 aromatic rings. The van der Waals surface area contributed by atoms with Gasteiger partial charge in [0.25, 0.3) is 0 Å². The van der Waals surface area contributed by atoms with Gasteiger partial charge in [-0.2, -0.15) is 0 Å². The second-order valence-electron chi connectivity index (χ2n) is 5.71. The average molecular weight is 402 g/mol. The molecule has 0 aliphatic carbocycles. The minimum Gasteiger partial charge on any atom is -0.377 e. The number of aromatic nitrogens is 1. The number of hydrogen-bond donors (Lipinski definition) is 0. The Morgan fingerprint density at radius 3 is 2.67 bits per heavy atom. The highest BCUT2D eigenvalue weighted by molar-refractivity contribution is 9.10. The summed E-state index contributed by atoms with van der Waals surface area (Å²) >= 11 is 5.19. The van der Waals surface area contributed by atoms with E-state index in [9.17, 15) is 0 Å². The highest BCUT2D eigenvalue weighted by Crippen LogP contribution is 2.26. The zero-order valence-electron chi connectivity index (χ0n) is 13.9. The molecule has 0 saturated heterocycles. The molecule has 2 aromatic carbocycles. The fourth-order valence-electron chi connectivity index (χ4n) is 2.53. The van der Waals surface area contributed by atoms with Crippen molar-refractivity contribution in [2.45, 2.75) is 26.9 Å². The molecule has 0 aliphatic heterocycles. The number of ether oxygens (including phenoxy) is 1. The summed E-state index contributed by atoms with van der Waals surface area (Å²) in [5.41, 5.74) is 6.05. The van der Waals surface area contributed by atoms with E-state index in [1.165, 1.54) is 16.7 Å². The summed E-state index contributed by atoms with van der Waals surface area (Å²) in [6, 6.07) is 14.8. The van der Waals surface area contributed by atoms with Gasteiger partial charge in [0.1, 0.15) is 0 Å². The van der Waals surface area contributed by atoms with Crippen molar-refractivity contribution in [3.05, 3.63) is 74.0 Å². The summed E-state index contributed by atoms with van der Waals surface area (Å²) in [7, 11) is 0. The Morgan fingerprint density at radius 2 is 1.92 bits per heavy atom. The van der Waals surface area contributed by atoms with Crippen molar-refractivity contribution in [3.63, 3.8) is 0 Å². The summed E-state index contributed by atoms with van der Waals surface area (Å²) in [4.78, 5) is 4.81. The molecule has 0 bridgehead atoms. The standard InChI is InChI=1S/C20H20BrNOS/c1-3-23-12-15-5-4-14(2)17(10-15)11-20-22-19(13-24-20)16-6-8-18(21)9-7-16/h4-10,13H,3,11-12H2,1-2H3. The highest BCUT2D eigenvalue weighted by atomic mass is 79.9. The van der Waals surface area contributed by atoms with Crippen LogP contribution in [0.25, 0.3) is 11.3 Å². The molecule has 0 saturated carbocycles. The number of hydrogen-bond acceptors (Lipinski definition) is 3. The highest BCUT2D eigenvalue weighted by Gasteiger charge is 2.08. The zero-order valence-corrected chi connectivity index (χ0v) is 16.3.